The Hall–Kier alpha value is -1.39. The summed E-state index contributed by atoms with van der Waals surface area (Å²) in [4.78, 5) is 15.5. The molecule has 0 spiro atoms. The maximum Gasteiger partial charge on any atom is 0.319 e. The fraction of sp³-hybridized carbons (Fsp3) is 0.625. The second kappa shape index (κ2) is 2.83. The summed E-state index contributed by atoms with van der Waals surface area (Å²) in [5.74, 6) is 0.362. The second-order valence-corrected chi connectivity index (χ2v) is 3.13. The van der Waals surface area contributed by atoms with Gasteiger partial charge in [0.15, 0.2) is 5.82 Å². The van der Waals surface area contributed by atoms with Crippen molar-refractivity contribution in [2.75, 3.05) is 6.61 Å². The average Bonchev–Trinajstić information content (AvgIpc) is 2.76. The van der Waals surface area contributed by atoms with Gasteiger partial charge in [0.2, 0.25) is 0 Å². The molecule has 1 heterocycles. The molecule has 1 aliphatic carbocycles. The molecule has 2 rings (SSSR count). The summed E-state index contributed by atoms with van der Waals surface area (Å²) in [5.41, 5.74) is -0.532. The van der Waals surface area contributed by atoms with Crippen molar-refractivity contribution in [2.24, 2.45) is 0 Å². The zero-order chi connectivity index (χ0) is 9.31. The van der Waals surface area contributed by atoms with Crippen LogP contribution in [0.4, 0.5) is 0 Å². The van der Waals surface area contributed by atoms with Crippen molar-refractivity contribution in [3.8, 4) is 0 Å². The lowest BCUT2D eigenvalue weighted by atomic mass is 10.1. The van der Waals surface area contributed by atoms with E-state index < -0.39 is 5.41 Å². The predicted molar refractivity (Wildman–Crippen MR) is 43.9 cm³/mol. The van der Waals surface area contributed by atoms with Crippen LogP contribution in [0.1, 0.15) is 25.6 Å². The van der Waals surface area contributed by atoms with E-state index in [1.165, 1.54) is 6.33 Å². The van der Waals surface area contributed by atoms with Gasteiger partial charge in [-0.15, -0.1) is 0 Å². The molecule has 1 saturated carbocycles. The van der Waals surface area contributed by atoms with E-state index in [-0.39, 0.29) is 5.97 Å². The van der Waals surface area contributed by atoms with Gasteiger partial charge in [0.1, 0.15) is 11.7 Å². The Kier molecular flexibility index (Phi) is 1.79. The molecule has 1 aliphatic rings. The third-order valence-corrected chi connectivity index (χ3v) is 2.26. The van der Waals surface area contributed by atoms with Crippen LogP contribution in [0.25, 0.3) is 0 Å². The number of carbonyl (C=O) groups is 1. The van der Waals surface area contributed by atoms with E-state index in [9.17, 15) is 4.79 Å². The van der Waals surface area contributed by atoms with Gasteiger partial charge in [0.05, 0.1) is 6.61 Å². The molecule has 5 nitrogen and oxygen atoms in total. The van der Waals surface area contributed by atoms with Gasteiger partial charge < -0.3 is 4.74 Å². The number of nitrogens with one attached hydrogen (secondary N) is 1. The van der Waals surface area contributed by atoms with Crippen LogP contribution in [0.15, 0.2) is 6.33 Å². The molecule has 0 aromatic carbocycles. The highest BCUT2D eigenvalue weighted by Crippen LogP contribution is 2.47. The van der Waals surface area contributed by atoms with E-state index in [0.717, 1.165) is 12.8 Å². The van der Waals surface area contributed by atoms with E-state index in [4.69, 9.17) is 4.74 Å². The Bertz CT molecular complexity index is 303. The summed E-state index contributed by atoms with van der Waals surface area (Å²) in [6, 6.07) is 0. The summed E-state index contributed by atoms with van der Waals surface area (Å²) in [7, 11) is 0. The van der Waals surface area contributed by atoms with Gasteiger partial charge in [-0.25, -0.2) is 4.98 Å². The number of hydrogen-bond acceptors (Lipinski definition) is 4. The quantitative estimate of drug-likeness (QED) is 0.685. The number of hydrogen-bond donors (Lipinski definition) is 1. The van der Waals surface area contributed by atoms with Crippen molar-refractivity contribution < 1.29 is 9.53 Å². The molecule has 1 aromatic heterocycles. The summed E-state index contributed by atoms with van der Waals surface area (Å²) in [5, 5.41) is 6.52. The number of ether oxygens (including phenoxy) is 1. The molecular weight excluding hydrogens is 170 g/mol. The van der Waals surface area contributed by atoms with Gasteiger partial charge in [0, 0.05) is 0 Å². The molecule has 0 atom stereocenters. The Morgan fingerprint density at radius 1 is 1.77 bits per heavy atom. The normalized spacial score (nSPS) is 18.2. The molecule has 1 N–H and O–H groups in total. The van der Waals surface area contributed by atoms with Gasteiger partial charge in [-0.3, -0.25) is 9.89 Å². The Morgan fingerprint density at radius 3 is 3.00 bits per heavy atom. The first-order chi connectivity index (χ1) is 6.29. The van der Waals surface area contributed by atoms with Crippen LogP contribution < -0.4 is 0 Å². The Morgan fingerprint density at radius 2 is 2.54 bits per heavy atom. The summed E-state index contributed by atoms with van der Waals surface area (Å²) in [6.07, 6.45) is 3.07. The summed E-state index contributed by atoms with van der Waals surface area (Å²) < 4.78 is 4.96. The van der Waals surface area contributed by atoms with E-state index >= 15 is 0 Å². The van der Waals surface area contributed by atoms with Gasteiger partial charge in [-0.05, 0) is 19.8 Å². The minimum Gasteiger partial charge on any atom is -0.465 e. The molecule has 0 radical (unpaired) electrons. The molecular formula is C8H11N3O2. The fourth-order valence-electron chi connectivity index (χ4n) is 1.35. The zero-order valence-electron chi connectivity index (χ0n) is 7.41. The lowest BCUT2D eigenvalue weighted by Crippen LogP contribution is -2.24. The molecule has 1 fully saturated rings. The van der Waals surface area contributed by atoms with Crippen molar-refractivity contribution >= 4 is 5.97 Å². The molecule has 70 valence electrons. The minimum absolute atomic E-state index is 0.199. The fourth-order valence-corrected chi connectivity index (χ4v) is 1.35. The number of aromatic nitrogens is 3. The monoisotopic (exact) mass is 181 g/mol. The van der Waals surface area contributed by atoms with Gasteiger partial charge >= 0.3 is 5.97 Å². The number of aromatic amines is 1. The predicted octanol–water partition coefficient (Wildman–Crippen LogP) is 0.399. The first kappa shape index (κ1) is 8.22. The van der Waals surface area contributed by atoms with Crippen LogP contribution in [-0.4, -0.2) is 27.8 Å². The maximum absolute atomic E-state index is 11.5. The average molecular weight is 181 g/mol. The van der Waals surface area contributed by atoms with Crippen LogP contribution in [0, 0.1) is 0 Å². The first-order valence-corrected chi connectivity index (χ1v) is 4.33. The van der Waals surface area contributed by atoms with Crippen molar-refractivity contribution in [3.05, 3.63) is 12.2 Å². The van der Waals surface area contributed by atoms with E-state index in [1.807, 2.05) is 0 Å². The highest BCUT2D eigenvalue weighted by molar-refractivity contribution is 5.85. The van der Waals surface area contributed by atoms with Crippen molar-refractivity contribution in [1.29, 1.82) is 0 Å². The minimum atomic E-state index is -0.532. The molecule has 0 aliphatic heterocycles. The molecule has 0 amide bonds. The van der Waals surface area contributed by atoms with Crippen molar-refractivity contribution in [1.82, 2.24) is 15.2 Å². The van der Waals surface area contributed by atoms with Crippen LogP contribution in [0.3, 0.4) is 0 Å². The number of nitrogens with zero attached hydrogens (tertiary/aromatic N) is 2. The molecule has 0 bridgehead atoms. The van der Waals surface area contributed by atoms with E-state index in [1.54, 1.807) is 6.92 Å². The molecule has 13 heavy (non-hydrogen) atoms. The first-order valence-electron chi connectivity index (χ1n) is 4.33. The van der Waals surface area contributed by atoms with Gasteiger partial charge in [0.25, 0.3) is 0 Å². The van der Waals surface area contributed by atoms with Crippen LogP contribution in [-0.2, 0) is 14.9 Å². The lowest BCUT2D eigenvalue weighted by Gasteiger charge is -2.08. The zero-order valence-corrected chi connectivity index (χ0v) is 7.41. The molecule has 0 unspecified atom stereocenters. The molecule has 0 saturated heterocycles. The van der Waals surface area contributed by atoms with Crippen LogP contribution >= 0.6 is 0 Å². The molecule has 5 heteroatoms. The summed E-state index contributed by atoms with van der Waals surface area (Å²) in [6.45, 7) is 2.21. The summed E-state index contributed by atoms with van der Waals surface area (Å²) >= 11 is 0. The Labute approximate surface area is 75.5 Å². The second-order valence-electron chi connectivity index (χ2n) is 3.13. The number of esters is 1. The number of rotatable bonds is 3. The third-order valence-electron chi connectivity index (χ3n) is 2.26. The van der Waals surface area contributed by atoms with Crippen molar-refractivity contribution in [3.63, 3.8) is 0 Å². The largest absolute Gasteiger partial charge is 0.465 e. The highest BCUT2D eigenvalue weighted by atomic mass is 16.5. The highest BCUT2D eigenvalue weighted by Gasteiger charge is 2.55. The van der Waals surface area contributed by atoms with Gasteiger partial charge in [-0.1, -0.05) is 0 Å². The number of carbonyl (C=O) groups excluding carboxylic acids is 1. The SMILES string of the molecule is CCOC(=O)C1(c2nc[nH]n2)CC1. The van der Waals surface area contributed by atoms with E-state index in [2.05, 4.69) is 15.2 Å². The van der Waals surface area contributed by atoms with Crippen LogP contribution in [0.5, 0.6) is 0 Å². The maximum atomic E-state index is 11.5. The van der Waals surface area contributed by atoms with E-state index in [0.29, 0.717) is 12.4 Å². The Balaban J connectivity index is 2.17. The standard InChI is InChI=1S/C8H11N3O2/c1-2-13-7(12)8(3-4-8)6-9-5-10-11-6/h5H,2-4H2,1H3,(H,9,10,11). The van der Waals surface area contributed by atoms with Crippen molar-refractivity contribution in [2.45, 2.75) is 25.2 Å². The lowest BCUT2D eigenvalue weighted by molar-refractivity contribution is -0.146. The smallest absolute Gasteiger partial charge is 0.319 e. The topological polar surface area (TPSA) is 67.9 Å². The third kappa shape index (κ3) is 1.20. The number of H-pyrrole nitrogens is 1. The molecule has 1 aromatic rings. The van der Waals surface area contributed by atoms with Gasteiger partial charge in [-0.2, -0.15) is 5.10 Å². The van der Waals surface area contributed by atoms with Crippen LogP contribution in [0.2, 0.25) is 0 Å².